The molecule has 7 heteroatoms. The second kappa shape index (κ2) is 9.15. The summed E-state index contributed by atoms with van der Waals surface area (Å²) in [7, 11) is -2.14. The fourth-order valence-corrected chi connectivity index (χ4v) is 3.94. The van der Waals surface area contributed by atoms with Crippen LogP contribution in [0.1, 0.15) is 43.6 Å². The van der Waals surface area contributed by atoms with Crippen molar-refractivity contribution < 1.29 is 17.9 Å². The van der Waals surface area contributed by atoms with E-state index >= 15 is 0 Å². The molecule has 1 fully saturated rings. The van der Waals surface area contributed by atoms with Gasteiger partial charge in [-0.3, -0.25) is 4.79 Å². The lowest BCUT2D eigenvalue weighted by Gasteiger charge is -2.22. The smallest absolute Gasteiger partial charge is 0.241 e. The normalized spacial score (nSPS) is 16.0. The van der Waals surface area contributed by atoms with Crippen LogP contribution in [0, 0.1) is 0 Å². The highest BCUT2D eigenvalue weighted by Gasteiger charge is 2.18. The fourth-order valence-electron chi connectivity index (χ4n) is 2.95. The lowest BCUT2D eigenvalue weighted by Crippen LogP contribution is -2.38. The van der Waals surface area contributed by atoms with E-state index in [1.807, 2.05) is 12.1 Å². The van der Waals surface area contributed by atoms with Gasteiger partial charge in [0.05, 0.1) is 18.0 Å². The SMILES string of the molecule is COCCNC(=O)CNS(=O)(=O)c1ccc(C2CCCCC2)cc1. The van der Waals surface area contributed by atoms with E-state index in [9.17, 15) is 13.2 Å². The van der Waals surface area contributed by atoms with Gasteiger partial charge in [0.1, 0.15) is 0 Å². The molecule has 134 valence electrons. The maximum atomic E-state index is 12.2. The Morgan fingerprint density at radius 3 is 2.46 bits per heavy atom. The maximum absolute atomic E-state index is 12.2. The van der Waals surface area contributed by atoms with E-state index in [0.717, 1.165) is 0 Å². The molecule has 1 aliphatic carbocycles. The van der Waals surface area contributed by atoms with Crippen LogP contribution >= 0.6 is 0 Å². The minimum Gasteiger partial charge on any atom is -0.383 e. The van der Waals surface area contributed by atoms with Crippen LogP contribution in [0.2, 0.25) is 0 Å². The van der Waals surface area contributed by atoms with Gasteiger partial charge in [-0.25, -0.2) is 13.1 Å². The molecule has 0 atom stereocenters. The van der Waals surface area contributed by atoms with Crippen LogP contribution in [0.5, 0.6) is 0 Å². The second-order valence-electron chi connectivity index (χ2n) is 6.07. The first-order valence-corrected chi connectivity index (χ1v) is 9.86. The molecule has 0 bridgehead atoms. The van der Waals surface area contributed by atoms with Crippen LogP contribution < -0.4 is 10.0 Å². The molecule has 1 aliphatic rings. The summed E-state index contributed by atoms with van der Waals surface area (Å²) in [5.41, 5.74) is 1.20. The Bertz CT molecular complexity index is 622. The standard InChI is InChI=1S/C17H26N2O4S/c1-23-12-11-18-17(20)13-19-24(21,22)16-9-7-15(8-10-16)14-5-3-2-4-6-14/h7-10,14,19H,2-6,11-13H2,1H3,(H,18,20). The van der Waals surface area contributed by atoms with E-state index in [1.54, 1.807) is 12.1 Å². The molecule has 6 nitrogen and oxygen atoms in total. The van der Waals surface area contributed by atoms with Gasteiger partial charge >= 0.3 is 0 Å². The zero-order chi connectivity index (χ0) is 17.4. The van der Waals surface area contributed by atoms with E-state index < -0.39 is 10.0 Å². The summed E-state index contributed by atoms with van der Waals surface area (Å²) in [6, 6.07) is 7.02. The molecule has 0 unspecified atom stereocenters. The number of rotatable bonds is 8. The van der Waals surface area contributed by atoms with Gasteiger partial charge in [-0.1, -0.05) is 31.4 Å². The van der Waals surface area contributed by atoms with E-state index in [0.29, 0.717) is 19.1 Å². The molecule has 2 rings (SSSR count). The van der Waals surface area contributed by atoms with Crippen LogP contribution in [0.4, 0.5) is 0 Å². The number of nitrogens with one attached hydrogen (secondary N) is 2. The van der Waals surface area contributed by atoms with Crippen molar-refractivity contribution >= 4 is 15.9 Å². The van der Waals surface area contributed by atoms with E-state index in [4.69, 9.17) is 4.74 Å². The Labute approximate surface area is 144 Å². The lowest BCUT2D eigenvalue weighted by atomic mass is 9.84. The highest BCUT2D eigenvalue weighted by atomic mass is 32.2. The summed E-state index contributed by atoms with van der Waals surface area (Å²) in [4.78, 5) is 11.7. The third kappa shape index (κ3) is 5.58. The molecule has 0 aliphatic heterocycles. The van der Waals surface area contributed by atoms with Crippen molar-refractivity contribution in [1.29, 1.82) is 0 Å². The summed E-state index contributed by atoms with van der Waals surface area (Å²) in [6.07, 6.45) is 6.12. The average molecular weight is 354 g/mol. The minimum absolute atomic E-state index is 0.187. The number of benzene rings is 1. The number of carbonyl (C=O) groups excluding carboxylic acids is 1. The second-order valence-corrected chi connectivity index (χ2v) is 7.84. The fraction of sp³-hybridized carbons (Fsp3) is 0.588. The number of hydrogen-bond acceptors (Lipinski definition) is 4. The van der Waals surface area contributed by atoms with Crippen LogP contribution in [0.3, 0.4) is 0 Å². The van der Waals surface area contributed by atoms with Gasteiger partial charge in [0.25, 0.3) is 0 Å². The van der Waals surface area contributed by atoms with E-state index in [2.05, 4.69) is 10.0 Å². The van der Waals surface area contributed by atoms with Crippen LogP contribution in [0.15, 0.2) is 29.2 Å². The summed E-state index contributed by atoms with van der Waals surface area (Å²) in [5.74, 6) is 0.157. The van der Waals surface area contributed by atoms with Crippen molar-refractivity contribution in [2.75, 3.05) is 26.8 Å². The zero-order valence-corrected chi connectivity index (χ0v) is 14.9. The van der Waals surface area contributed by atoms with Gasteiger partial charge in [-0.2, -0.15) is 0 Å². The molecule has 0 aromatic heterocycles. The summed E-state index contributed by atoms with van der Waals surface area (Å²) in [6.45, 7) is 0.463. The molecule has 1 saturated carbocycles. The molecule has 0 heterocycles. The molecule has 2 N–H and O–H groups in total. The monoisotopic (exact) mass is 354 g/mol. The summed E-state index contributed by atoms with van der Waals surface area (Å²) >= 11 is 0. The Hall–Kier alpha value is -1.44. The molecule has 1 aromatic carbocycles. The average Bonchev–Trinajstić information content (AvgIpc) is 2.61. The molecule has 0 spiro atoms. The van der Waals surface area contributed by atoms with Gasteiger partial charge < -0.3 is 10.1 Å². The Morgan fingerprint density at radius 1 is 1.17 bits per heavy atom. The van der Waals surface area contributed by atoms with Crippen molar-refractivity contribution in [3.05, 3.63) is 29.8 Å². The first-order chi connectivity index (χ1) is 11.5. The van der Waals surface area contributed by atoms with Gasteiger partial charge in [-0.05, 0) is 36.5 Å². The Balaban J connectivity index is 1.90. The van der Waals surface area contributed by atoms with E-state index in [-0.39, 0.29) is 17.3 Å². The van der Waals surface area contributed by atoms with Crippen molar-refractivity contribution in [2.45, 2.75) is 42.9 Å². The van der Waals surface area contributed by atoms with Crippen molar-refractivity contribution in [1.82, 2.24) is 10.0 Å². The number of ether oxygens (including phenoxy) is 1. The molecule has 1 amide bonds. The molecule has 1 aromatic rings. The van der Waals surface area contributed by atoms with Crippen LogP contribution in [-0.2, 0) is 19.6 Å². The van der Waals surface area contributed by atoms with Gasteiger partial charge in [0.15, 0.2) is 0 Å². The summed E-state index contributed by atoms with van der Waals surface area (Å²) < 4.78 is 31.6. The van der Waals surface area contributed by atoms with Gasteiger partial charge in [0.2, 0.25) is 15.9 Å². The van der Waals surface area contributed by atoms with Crippen LogP contribution in [-0.4, -0.2) is 41.1 Å². The van der Waals surface area contributed by atoms with Crippen molar-refractivity contribution in [3.8, 4) is 0 Å². The molecular formula is C17H26N2O4S. The highest BCUT2D eigenvalue weighted by Crippen LogP contribution is 2.32. The number of sulfonamides is 1. The third-order valence-corrected chi connectivity index (χ3v) is 5.74. The number of amides is 1. The highest BCUT2D eigenvalue weighted by molar-refractivity contribution is 7.89. The van der Waals surface area contributed by atoms with E-state index in [1.165, 1.54) is 44.8 Å². The van der Waals surface area contributed by atoms with Crippen molar-refractivity contribution in [2.24, 2.45) is 0 Å². The van der Waals surface area contributed by atoms with Crippen LogP contribution in [0.25, 0.3) is 0 Å². The zero-order valence-electron chi connectivity index (χ0n) is 14.1. The number of carbonyl (C=O) groups is 1. The maximum Gasteiger partial charge on any atom is 0.241 e. The molecular weight excluding hydrogens is 328 g/mol. The van der Waals surface area contributed by atoms with Crippen molar-refractivity contribution in [3.63, 3.8) is 0 Å². The Kier molecular flexibility index (Phi) is 7.20. The third-order valence-electron chi connectivity index (χ3n) is 4.32. The Morgan fingerprint density at radius 2 is 1.83 bits per heavy atom. The summed E-state index contributed by atoms with van der Waals surface area (Å²) in [5, 5.41) is 2.57. The number of hydrogen-bond donors (Lipinski definition) is 2. The number of methoxy groups -OCH3 is 1. The molecule has 24 heavy (non-hydrogen) atoms. The topological polar surface area (TPSA) is 84.5 Å². The minimum atomic E-state index is -3.68. The lowest BCUT2D eigenvalue weighted by molar-refractivity contribution is -0.120. The molecule has 0 radical (unpaired) electrons. The molecule has 0 saturated heterocycles. The first-order valence-electron chi connectivity index (χ1n) is 8.38. The predicted octanol–water partition coefficient (Wildman–Crippen LogP) is 1.78. The quantitative estimate of drug-likeness (QED) is 0.697. The first kappa shape index (κ1) is 18.9. The predicted molar refractivity (Wildman–Crippen MR) is 92.3 cm³/mol. The van der Waals surface area contributed by atoms with Gasteiger partial charge in [0, 0.05) is 13.7 Å². The largest absolute Gasteiger partial charge is 0.383 e. The van der Waals surface area contributed by atoms with Gasteiger partial charge in [-0.15, -0.1) is 0 Å².